The highest BCUT2D eigenvalue weighted by molar-refractivity contribution is 7.89. The molecule has 0 aliphatic rings. The third kappa shape index (κ3) is 4.96. The molecule has 8 heteroatoms. The van der Waals surface area contributed by atoms with Crippen LogP contribution in [0.4, 0.5) is 0 Å². The van der Waals surface area contributed by atoms with Crippen LogP contribution in [-0.2, 0) is 10.0 Å². The molecule has 0 aromatic heterocycles. The van der Waals surface area contributed by atoms with Crippen molar-refractivity contribution in [3.8, 4) is 11.5 Å². The number of rotatable bonds is 8. The number of nitrogens with one attached hydrogen (secondary N) is 2. The van der Waals surface area contributed by atoms with Gasteiger partial charge in [-0.1, -0.05) is 6.07 Å². The lowest BCUT2D eigenvalue weighted by atomic mass is 10.1. The molecule has 26 heavy (non-hydrogen) atoms. The maximum Gasteiger partial charge on any atom is 0.251 e. The van der Waals surface area contributed by atoms with E-state index in [2.05, 4.69) is 10.0 Å². The molecular weight excluding hydrogens is 356 g/mol. The van der Waals surface area contributed by atoms with E-state index < -0.39 is 10.0 Å². The van der Waals surface area contributed by atoms with Crippen LogP contribution in [0, 0.1) is 6.92 Å². The molecule has 0 unspecified atom stereocenters. The van der Waals surface area contributed by atoms with Gasteiger partial charge < -0.3 is 14.8 Å². The van der Waals surface area contributed by atoms with E-state index in [4.69, 9.17) is 9.47 Å². The van der Waals surface area contributed by atoms with Gasteiger partial charge in [0.05, 0.1) is 18.6 Å². The van der Waals surface area contributed by atoms with Crippen molar-refractivity contribution in [2.45, 2.75) is 11.8 Å². The van der Waals surface area contributed by atoms with Gasteiger partial charge in [-0.05, 0) is 55.9 Å². The van der Waals surface area contributed by atoms with Crippen molar-refractivity contribution in [1.82, 2.24) is 10.0 Å². The zero-order chi connectivity index (χ0) is 19.2. The van der Waals surface area contributed by atoms with Crippen molar-refractivity contribution in [2.24, 2.45) is 0 Å². The molecule has 7 nitrogen and oxygen atoms in total. The number of amides is 1. The summed E-state index contributed by atoms with van der Waals surface area (Å²) in [7, 11) is -0.691. The van der Waals surface area contributed by atoms with Gasteiger partial charge in [-0.15, -0.1) is 0 Å². The van der Waals surface area contributed by atoms with E-state index in [1.165, 1.54) is 19.2 Å². The van der Waals surface area contributed by atoms with Crippen molar-refractivity contribution in [2.75, 3.05) is 27.3 Å². The third-order valence-electron chi connectivity index (χ3n) is 3.75. The quantitative estimate of drug-likeness (QED) is 0.682. The Morgan fingerprint density at radius 1 is 1.08 bits per heavy atom. The molecule has 2 aromatic rings. The van der Waals surface area contributed by atoms with Crippen LogP contribution in [0.3, 0.4) is 0 Å². The fourth-order valence-electron chi connectivity index (χ4n) is 2.23. The maximum absolute atomic E-state index is 12.3. The van der Waals surface area contributed by atoms with Crippen LogP contribution in [0.1, 0.15) is 15.9 Å². The molecule has 0 saturated heterocycles. The molecule has 140 valence electrons. The highest BCUT2D eigenvalue weighted by Gasteiger charge is 2.16. The van der Waals surface area contributed by atoms with Crippen LogP contribution in [0.2, 0.25) is 0 Å². The second-order valence-electron chi connectivity index (χ2n) is 5.46. The van der Waals surface area contributed by atoms with E-state index in [9.17, 15) is 13.2 Å². The van der Waals surface area contributed by atoms with Gasteiger partial charge in [0, 0.05) is 5.56 Å². The molecule has 0 saturated carbocycles. The van der Waals surface area contributed by atoms with Gasteiger partial charge in [0.1, 0.15) is 18.1 Å². The van der Waals surface area contributed by atoms with Gasteiger partial charge in [-0.2, -0.15) is 0 Å². The molecular formula is C18H22N2O5S. The Labute approximate surface area is 153 Å². The Kier molecular flexibility index (Phi) is 6.59. The van der Waals surface area contributed by atoms with Gasteiger partial charge in [-0.3, -0.25) is 4.79 Å². The second kappa shape index (κ2) is 8.68. The number of carbonyl (C=O) groups excluding carboxylic acids is 1. The molecule has 0 heterocycles. The average molecular weight is 378 g/mol. The second-order valence-corrected chi connectivity index (χ2v) is 7.35. The number of sulfonamides is 1. The Hall–Kier alpha value is -2.58. The standard InChI is InChI=1S/C18H22N2O5S/c1-13-4-9-16(26(22,23)19-2)12-17(13)18(21)20-10-11-25-15-7-5-14(24-3)6-8-15/h4-9,12,19H,10-11H2,1-3H3,(H,20,21). The van der Waals surface area contributed by atoms with Gasteiger partial charge in [0.15, 0.2) is 0 Å². The summed E-state index contributed by atoms with van der Waals surface area (Å²) < 4.78 is 36.6. The van der Waals surface area contributed by atoms with E-state index in [-0.39, 0.29) is 24.0 Å². The first kappa shape index (κ1) is 19.7. The summed E-state index contributed by atoms with van der Waals surface area (Å²) in [4.78, 5) is 12.4. The minimum absolute atomic E-state index is 0.0465. The Bertz CT molecular complexity index is 864. The highest BCUT2D eigenvalue weighted by atomic mass is 32.2. The molecule has 2 aromatic carbocycles. The van der Waals surface area contributed by atoms with Crippen LogP contribution in [0.15, 0.2) is 47.4 Å². The molecule has 0 aliphatic heterocycles. The predicted octanol–water partition coefficient (Wildman–Crippen LogP) is 1.72. The largest absolute Gasteiger partial charge is 0.497 e. The summed E-state index contributed by atoms with van der Waals surface area (Å²) in [5.74, 6) is 1.05. The van der Waals surface area contributed by atoms with E-state index in [1.807, 2.05) is 0 Å². The maximum atomic E-state index is 12.3. The van der Waals surface area contributed by atoms with E-state index in [0.717, 1.165) is 5.75 Å². The number of hydrogen-bond donors (Lipinski definition) is 2. The van der Waals surface area contributed by atoms with Crippen molar-refractivity contribution >= 4 is 15.9 Å². The predicted molar refractivity (Wildman–Crippen MR) is 98.2 cm³/mol. The first-order valence-electron chi connectivity index (χ1n) is 7.96. The summed E-state index contributed by atoms with van der Waals surface area (Å²) in [5, 5.41) is 2.73. The van der Waals surface area contributed by atoms with Gasteiger partial charge >= 0.3 is 0 Å². The van der Waals surface area contributed by atoms with Gasteiger partial charge in [0.2, 0.25) is 10.0 Å². The fourth-order valence-corrected chi connectivity index (χ4v) is 2.99. The molecule has 2 rings (SSSR count). The molecule has 0 radical (unpaired) electrons. The normalized spacial score (nSPS) is 11.0. The summed E-state index contributed by atoms with van der Waals surface area (Å²) in [6.45, 7) is 2.32. The molecule has 0 fully saturated rings. The first-order chi connectivity index (χ1) is 12.4. The fraction of sp³-hybridized carbons (Fsp3) is 0.278. The summed E-state index contributed by atoms with van der Waals surface area (Å²) in [6, 6.07) is 11.5. The Morgan fingerprint density at radius 3 is 2.35 bits per heavy atom. The van der Waals surface area contributed by atoms with Crippen molar-refractivity contribution < 1.29 is 22.7 Å². The zero-order valence-corrected chi connectivity index (χ0v) is 15.7. The number of ether oxygens (including phenoxy) is 2. The summed E-state index contributed by atoms with van der Waals surface area (Å²) in [6.07, 6.45) is 0. The number of methoxy groups -OCH3 is 1. The molecule has 0 bridgehead atoms. The molecule has 0 spiro atoms. The van der Waals surface area contributed by atoms with E-state index in [0.29, 0.717) is 16.9 Å². The van der Waals surface area contributed by atoms with Crippen LogP contribution in [0.25, 0.3) is 0 Å². The first-order valence-corrected chi connectivity index (χ1v) is 9.45. The van der Waals surface area contributed by atoms with Crippen LogP contribution >= 0.6 is 0 Å². The average Bonchev–Trinajstić information content (AvgIpc) is 2.65. The smallest absolute Gasteiger partial charge is 0.251 e. The van der Waals surface area contributed by atoms with Crippen molar-refractivity contribution in [1.29, 1.82) is 0 Å². The van der Waals surface area contributed by atoms with E-state index in [1.54, 1.807) is 44.4 Å². The van der Waals surface area contributed by atoms with Crippen LogP contribution in [0.5, 0.6) is 11.5 Å². The minimum Gasteiger partial charge on any atom is -0.497 e. The molecule has 0 atom stereocenters. The number of hydrogen-bond acceptors (Lipinski definition) is 5. The van der Waals surface area contributed by atoms with Crippen LogP contribution in [-0.4, -0.2) is 41.6 Å². The van der Waals surface area contributed by atoms with Gasteiger partial charge in [0.25, 0.3) is 5.91 Å². The third-order valence-corrected chi connectivity index (χ3v) is 5.16. The SMILES string of the molecule is CNS(=O)(=O)c1ccc(C)c(C(=O)NCCOc2ccc(OC)cc2)c1. The number of carbonyl (C=O) groups is 1. The van der Waals surface area contributed by atoms with Gasteiger partial charge in [-0.25, -0.2) is 13.1 Å². The van der Waals surface area contributed by atoms with E-state index >= 15 is 0 Å². The lowest BCUT2D eigenvalue weighted by molar-refractivity contribution is 0.0946. The minimum atomic E-state index is -3.60. The summed E-state index contributed by atoms with van der Waals surface area (Å²) in [5.41, 5.74) is 0.999. The number of benzene rings is 2. The summed E-state index contributed by atoms with van der Waals surface area (Å²) >= 11 is 0. The number of aryl methyl sites for hydroxylation is 1. The molecule has 2 N–H and O–H groups in total. The highest BCUT2D eigenvalue weighted by Crippen LogP contribution is 2.17. The monoisotopic (exact) mass is 378 g/mol. The van der Waals surface area contributed by atoms with Crippen LogP contribution < -0.4 is 19.5 Å². The molecule has 0 aliphatic carbocycles. The lowest BCUT2D eigenvalue weighted by Gasteiger charge is -2.11. The van der Waals surface area contributed by atoms with Crippen molar-refractivity contribution in [3.05, 3.63) is 53.6 Å². The molecule has 1 amide bonds. The Morgan fingerprint density at radius 2 is 1.73 bits per heavy atom. The lowest BCUT2D eigenvalue weighted by Crippen LogP contribution is -2.29. The zero-order valence-electron chi connectivity index (χ0n) is 14.9. The topological polar surface area (TPSA) is 93.7 Å². The van der Waals surface area contributed by atoms with Crippen molar-refractivity contribution in [3.63, 3.8) is 0 Å². The Balaban J connectivity index is 1.94.